The molecule has 1 aromatic heterocycles. The molecule has 4 unspecified atom stereocenters. The van der Waals surface area contributed by atoms with E-state index in [-0.39, 0.29) is 0 Å². The minimum absolute atomic E-state index is 0.432. The van der Waals surface area contributed by atoms with E-state index in [9.17, 15) is 0 Å². The van der Waals surface area contributed by atoms with Gasteiger partial charge in [-0.25, -0.2) is 4.98 Å². The zero-order valence-electron chi connectivity index (χ0n) is 11.4. The Kier molecular flexibility index (Phi) is 3.65. The Labute approximate surface area is 122 Å². The smallest absolute Gasteiger partial charge is 0.232 e. The van der Waals surface area contributed by atoms with Crippen molar-refractivity contribution in [3.63, 3.8) is 0 Å². The largest absolute Gasteiger partial charge is 0.480 e. The summed E-state index contributed by atoms with van der Waals surface area (Å²) >= 11 is 3.37. The number of hydrogen-bond donors (Lipinski definition) is 1. The zero-order valence-corrected chi connectivity index (χ0v) is 13.0. The molecule has 5 heteroatoms. The molecule has 0 radical (unpaired) electrons. The van der Waals surface area contributed by atoms with Crippen molar-refractivity contribution in [2.75, 3.05) is 12.4 Å². The normalized spacial score (nSPS) is 30.4. The molecule has 2 aliphatic carbocycles. The molecule has 2 bridgehead atoms. The Hall–Kier alpha value is -0.840. The molecular formula is C14H20BrN3O. The molecule has 0 aromatic carbocycles. The van der Waals surface area contributed by atoms with Crippen LogP contribution in [0.1, 0.15) is 32.6 Å². The third-order valence-corrected chi connectivity index (χ3v) is 5.24. The minimum atomic E-state index is 0.432. The van der Waals surface area contributed by atoms with Crippen molar-refractivity contribution in [3.8, 4) is 5.88 Å². The number of nitrogens with one attached hydrogen (secondary N) is 1. The molecule has 0 amide bonds. The molecule has 104 valence electrons. The van der Waals surface area contributed by atoms with Gasteiger partial charge in [0.1, 0.15) is 0 Å². The first-order valence-corrected chi connectivity index (χ1v) is 7.79. The fourth-order valence-electron chi connectivity index (χ4n) is 3.78. The number of halogens is 1. The topological polar surface area (TPSA) is 47.0 Å². The van der Waals surface area contributed by atoms with Crippen molar-refractivity contribution < 1.29 is 4.74 Å². The summed E-state index contributed by atoms with van der Waals surface area (Å²) in [5.74, 6) is 3.90. The number of aromatic nitrogens is 2. The summed E-state index contributed by atoms with van der Waals surface area (Å²) in [5.41, 5.74) is 0. The Morgan fingerprint density at radius 1 is 1.42 bits per heavy atom. The van der Waals surface area contributed by atoms with Crippen molar-refractivity contribution >= 4 is 21.9 Å². The van der Waals surface area contributed by atoms with Crippen molar-refractivity contribution in [1.82, 2.24) is 9.97 Å². The Morgan fingerprint density at radius 3 is 2.89 bits per heavy atom. The van der Waals surface area contributed by atoms with Crippen molar-refractivity contribution in [1.29, 1.82) is 0 Å². The molecule has 1 heterocycles. The van der Waals surface area contributed by atoms with Gasteiger partial charge in [0.15, 0.2) is 0 Å². The minimum Gasteiger partial charge on any atom is -0.480 e. The third kappa shape index (κ3) is 2.57. The first-order chi connectivity index (χ1) is 9.17. The molecule has 0 aliphatic heterocycles. The zero-order chi connectivity index (χ0) is 13.4. The van der Waals surface area contributed by atoms with E-state index in [2.05, 4.69) is 38.1 Å². The highest BCUT2D eigenvalue weighted by molar-refractivity contribution is 9.10. The number of hydrogen-bond acceptors (Lipinski definition) is 4. The highest BCUT2D eigenvalue weighted by atomic mass is 79.9. The van der Waals surface area contributed by atoms with Crippen molar-refractivity contribution in [2.24, 2.45) is 17.8 Å². The molecule has 1 aromatic rings. The van der Waals surface area contributed by atoms with Crippen LogP contribution in [0, 0.1) is 17.8 Å². The Balaban J connectivity index is 1.67. The number of fused-ring (bicyclic) bond motifs is 2. The predicted molar refractivity (Wildman–Crippen MR) is 78.3 cm³/mol. The van der Waals surface area contributed by atoms with Gasteiger partial charge in [-0.15, -0.1) is 0 Å². The molecular weight excluding hydrogens is 306 g/mol. The highest BCUT2D eigenvalue weighted by Gasteiger charge is 2.41. The van der Waals surface area contributed by atoms with E-state index in [0.717, 1.165) is 22.2 Å². The summed E-state index contributed by atoms with van der Waals surface area (Å²) in [6.07, 6.45) is 7.39. The fraction of sp³-hybridized carbons (Fsp3) is 0.714. The lowest BCUT2D eigenvalue weighted by Crippen LogP contribution is -2.30. The second-order valence-corrected chi connectivity index (χ2v) is 6.68. The van der Waals surface area contributed by atoms with Gasteiger partial charge in [-0.05, 0) is 59.9 Å². The standard InChI is InChI=1S/C14H20BrN3O/c1-8(11-6-9-3-4-10(11)5-9)17-14-16-7-12(15)13(18-14)19-2/h7-11H,3-6H2,1-2H3,(H,16,17,18). The molecule has 2 aliphatic rings. The predicted octanol–water partition coefficient (Wildman–Crippen LogP) is 3.48. The SMILES string of the molecule is COc1nc(NC(C)C2CC3CCC2C3)ncc1Br. The van der Waals surface area contributed by atoms with Crippen LogP contribution in [0.15, 0.2) is 10.7 Å². The molecule has 1 N–H and O–H groups in total. The van der Waals surface area contributed by atoms with Crippen LogP contribution in [0.4, 0.5) is 5.95 Å². The maximum absolute atomic E-state index is 5.20. The van der Waals surface area contributed by atoms with Crippen molar-refractivity contribution in [2.45, 2.75) is 38.6 Å². The van der Waals surface area contributed by atoms with E-state index >= 15 is 0 Å². The number of rotatable bonds is 4. The lowest BCUT2D eigenvalue weighted by molar-refractivity contribution is 0.303. The second-order valence-electron chi connectivity index (χ2n) is 5.82. The van der Waals surface area contributed by atoms with Gasteiger partial charge in [0.05, 0.1) is 17.8 Å². The van der Waals surface area contributed by atoms with Crippen LogP contribution in [0.3, 0.4) is 0 Å². The quantitative estimate of drug-likeness (QED) is 0.920. The van der Waals surface area contributed by atoms with E-state index in [1.165, 1.54) is 25.7 Å². The van der Waals surface area contributed by atoms with Crippen LogP contribution in [0.2, 0.25) is 0 Å². The Bertz CT molecular complexity index is 468. The first-order valence-electron chi connectivity index (χ1n) is 7.00. The molecule has 0 spiro atoms. The maximum atomic E-state index is 5.20. The first kappa shape index (κ1) is 13.2. The average molecular weight is 326 g/mol. The van der Waals surface area contributed by atoms with E-state index in [1.54, 1.807) is 13.3 Å². The van der Waals surface area contributed by atoms with Crippen LogP contribution in [0.5, 0.6) is 5.88 Å². The van der Waals surface area contributed by atoms with Crippen LogP contribution < -0.4 is 10.1 Å². The number of nitrogens with zero attached hydrogens (tertiary/aromatic N) is 2. The van der Waals surface area contributed by atoms with Gasteiger partial charge in [0.2, 0.25) is 11.8 Å². The van der Waals surface area contributed by atoms with Crippen LogP contribution in [-0.2, 0) is 0 Å². The van der Waals surface area contributed by atoms with E-state index in [1.807, 2.05) is 0 Å². The van der Waals surface area contributed by atoms with E-state index < -0.39 is 0 Å². The molecule has 4 atom stereocenters. The lowest BCUT2D eigenvalue weighted by Gasteiger charge is -2.28. The molecule has 0 saturated heterocycles. The summed E-state index contributed by atoms with van der Waals surface area (Å²) < 4.78 is 5.99. The number of methoxy groups -OCH3 is 1. The van der Waals surface area contributed by atoms with Gasteiger partial charge in [-0.2, -0.15) is 4.98 Å². The maximum Gasteiger partial charge on any atom is 0.232 e. The summed E-state index contributed by atoms with van der Waals surface area (Å²) in [7, 11) is 1.62. The van der Waals surface area contributed by atoms with Gasteiger partial charge >= 0.3 is 0 Å². The summed E-state index contributed by atoms with van der Waals surface area (Å²) in [5, 5.41) is 3.45. The Morgan fingerprint density at radius 2 is 2.26 bits per heavy atom. The lowest BCUT2D eigenvalue weighted by atomic mass is 9.84. The number of anilines is 1. The highest BCUT2D eigenvalue weighted by Crippen LogP contribution is 2.49. The van der Waals surface area contributed by atoms with E-state index in [4.69, 9.17) is 4.74 Å². The third-order valence-electron chi connectivity index (χ3n) is 4.70. The van der Waals surface area contributed by atoms with Gasteiger partial charge in [-0.3, -0.25) is 0 Å². The summed E-state index contributed by atoms with van der Waals surface area (Å²) in [4.78, 5) is 8.68. The number of ether oxygens (including phenoxy) is 1. The fourth-order valence-corrected chi connectivity index (χ4v) is 4.13. The molecule has 19 heavy (non-hydrogen) atoms. The second kappa shape index (κ2) is 5.27. The van der Waals surface area contributed by atoms with Gasteiger partial charge < -0.3 is 10.1 Å². The van der Waals surface area contributed by atoms with Gasteiger partial charge in [0.25, 0.3) is 0 Å². The van der Waals surface area contributed by atoms with Crippen LogP contribution >= 0.6 is 15.9 Å². The van der Waals surface area contributed by atoms with Gasteiger partial charge in [0, 0.05) is 6.04 Å². The van der Waals surface area contributed by atoms with Crippen LogP contribution in [-0.4, -0.2) is 23.1 Å². The monoisotopic (exact) mass is 325 g/mol. The van der Waals surface area contributed by atoms with E-state index in [0.29, 0.717) is 17.9 Å². The summed E-state index contributed by atoms with van der Waals surface area (Å²) in [6.45, 7) is 2.25. The van der Waals surface area contributed by atoms with Crippen molar-refractivity contribution in [3.05, 3.63) is 10.7 Å². The summed E-state index contributed by atoms with van der Waals surface area (Å²) in [6, 6.07) is 0.432. The molecule has 4 nitrogen and oxygen atoms in total. The van der Waals surface area contributed by atoms with Gasteiger partial charge in [-0.1, -0.05) is 6.42 Å². The molecule has 2 saturated carbocycles. The molecule has 2 fully saturated rings. The molecule has 3 rings (SSSR count). The van der Waals surface area contributed by atoms with Crippen LogP contribution in [0.25, 0.3) is 0 Å². The average Bonchev–Trinajstić information content (AvgIpc) is 3.03.